The molecule has 1 aliphatic heterocycles. The van der Waals surface area contributed by atoms with Crippen LogP contribution in [0.4, 0.5) is 11.4 Å². The minimum Gasteiger partial charge on any atom is -0.366 e. The highest BCUT2D eigenvalue weighted by Crippen LogP contribution is 2.34. The summed E-state index contributed by atoms with van der Waals surface area (Å²) in [6.45, 7) is 1.97. The van der Waals surface area contributed by atoms with Gasteiger partial charge in [-0.1, -0.05) is 12.1 Å². The van der Waals surface area contributed by atoms with Crippen LogP contribution in [0.2, 0.25) is 0 Å². The number of hydrogen-bond acceptors (Lipinski definition) is 3. The quantitative estimate of drug-likeness (QED) is 0.760. The summed E-state index contributed by atoms with van der Waals surface area (Å²) < 4.78 is 0. The second-order valence-electron chi connectivity index (χ2n) is 5.10. The van der Waals surface area contributed by atoms with Crippen LogP contribution < -0.4 is 16.4 Å². The molecule has 0 unspecified atom stereocenters. The Morgan fingerprint density at radius 2 is 1.91 bits per heavy atom. The van der Waals surface area contributed by atoms with Crippen molar-refractivity contribution in [3.8, 4) is 0 Å². The minimum absolute atomic E-state index is 0.134. The van der Waals surface area contributed by atoms with Crippen molar-refractivity contribution in [2.45, 2.75) is 6.92 Å². The molecule has 0 spiro atoms. The Labute approximate surface area is 127 Å². The number of rotatable bonds is 3. The highest BCUT2D eigenvalue weighted by atomic mass is 16.2. The molecule has 2 aromatic carbocycles. The van der Waals surface area contributed by atoms with E-state index in [1.807, 2.05) is 25.1 Å². The van der Waals surface area contributed by atoms with E-state index in [2.05, 4.69) is 10.6 Å². The van der Waals surface area contributed by atoms with E-state index in [0.29, 0.717) is 11.1 Å². The highest BCUT2D eigenvalue weighted by Gasteiger charge is 2.25. The molecule has 2 amide bonds. The predicted octanol–water partition coefficient (Wildman–Crippen LogP) is 2.50. The molecule has 0 saturated heterocycles. The van der Waals surface area contributed by atoms with Gasteiger partial charge in [0.05, 0.1) is 5.57 Å². The molecule has 1 aliphatic rings. The van der Waals surface area contributed by atoms with Gasteiger partial charge in [-0.15, -0.1) is 0 Å². The number of benzene rings is 2. The molecule has 0 aliphatic carbocycles. The van der Waals surface area contributed by atoms with Gasteiger partial charge in [0.25, 0.3) is 5.91 Å². The number of nitrogens with one attached hydrogen (secondary N) is 2. The van der Waals surface area contributed by atoms with Crippen LogP contribution in [0.3, 0.4) is 0 Å². The smallest absolute Gasteiger partial charge is 0.257 e. The maximum Gasteiger partial charge on any atom is 0.257 e. The topological polar surface area (TPSA) is 84.2 Å². The molecule has 0 atom stereocenters. The van der Waals surface area contributed by atoms with Crippen LogP contribution >= 0.6 is 0 Å². The summed E-state index contributed by atoms with van der Waals surface area (Å²) in [5, 5.41) is 5.92. The summed E-state index contributed by atoms with van der Waals surface area (Å²) >= 11 is 0. The molecule has 22 heavy (non-hydrogen) atoms. The van der Waals surface area contributed by atoms with E-state index in [4.69, 9.17) is 5.73 Å². The normalized spacial score (nSPS) is 14.6. The van der Waals surface area contributed by atoms with Crippen molar-refractivity contribution in [3.05, 3.63) is 65.4 Å². The average molecular weight is 293 g/mol. The summed E-state index contributed by atoms with van der Waals surface area (Å²) in [6.07, 6.45) is 1.67. The van der Waals surface area contributed by atoms with E-state index in [-0.39, 0.29) is 5.91 Å². The third-order valence-corrected chi connectivity index (χ3v) is 3.59. The van der Waals surface area contributed by atoms with Crippen molar-refractivity contribution >= 4 is 28.8 Å². The number of carbonyl (C=O) groups excluding carboxylic acids is 2. The summed E-state index contributed by atoms with van der Waals surface area (Å²) in [4.78, 5) is 23.1. The van der Waals surface area contributed by atoms with Gasteiger partial charge in [-0.2, -0.15) is 0 Å². The van der Waals surface area contributed by atoms with Crippen LogP contribution in [0.25, 0.3) is 5.57 Å². The summed E-state index contributed by atoms with van der Waals surface area (Å²) in [6, 6.07) is 12.5. The second kappa shape index (κ2) is 5.37. The van der Waals surface area contributed by atoms with E-state index in [0.717, 1.165) is 22.5 Å². The van der Waals surface area contributed by atoms with Crippen molar-refractivity contribution in [2.24, 2.45) is 5.73 Å². The molecule has 110 valence electrons. The molecule has 0 aromatic heterocycles. The van der Waals surface area contributed by atoms with Gasteiger partial charge in [0.1, 0.15) is 0 Å². The number of carbonyl (C=O) groups is 2. The predicted molar refractivity (Wildman–Crippen MR) is 86.4 cm³/mol. The van der Waals surface area contributed by atoms with Crippen LogP contribution in [-0.4, -0.2) is 11.8 Å². The second-order valence-corrected chi connectivity index (χ2v) is 5.10. The number of primary amides is 1. The van der Waals surface area contributed by atoms with Gasteiger partial charge in [-0.25, -0.2) is 0 Å². The van der Waals surface area contributed by atoms with Crippen LogP contribution in [0.1, 0.15) is 21.5 Å². The zero-order valence-corrected chi connectivity index (χ0v) is 12.0. The van der Waals surface area contributed by atoms with E-state index in [1.165, 1.54) is 0 Å². The largest absolute Gasteiger partial charge is 0.366 e. The van der Waals surface area contributed by atoms with Crippen LogP contribution in [-0.2, 0) is 4.79 Å². The molecule has 5 nitrogen and oxygen atoms in total. The standard InChI is InChI=1S/C17H15N3O2/c1-10-3-2-4-14-15(10)13(17(22)20-14)9-19-12-7-5-11(6-8-12)16(18)21/h2-9,19H,1H3,(H2,18,21)(H,20,22). The average Bonchev–Trinajstić information content (AvgIpc) is 2.82. The third-order valence-electron chi connectivity index (χ3n) is 3.59. The maximum atomic E-state index is 12.1. The maximum absolute atomic E-state index is 12.1. The van der Waals surface area contributed by atoms with E-state index >= 15 is 0 Å². The first-order valence-corrected chi connectivity index (χ1v) is 6.84. The Kier molecular flexibility index (Phi) is 3.39. The van der Waals surface area contributed by atoms with Crippen LogP contribution in [0.5, 0.6) is 0 Å². The zero-order chi connectivity index (χ0) is 15.7. The van der Waals surface area contributed by atoms with Gasteiger partial charge in [0.2, 0.25) is 5.91 Å². The van der Waals surface area contributed by atoms with E-state index < -0.39 is 5.91 Å². The fraction of sp³-hybridized carbons (Fsp3) is 0.0588. The molecule has 4 N–H and O–H groups in total. The molecule has 0 radical (unpaired) electrons. The molecule has 0 fully saturated rings. The summed E-state index contributed by atoms with van der Waals surface area (Å²) in [7, 11) is 0. The Balaban J connectivity index is 1.87. The van der Waals surface area contributed by atoms with Gasteiger partial charge in [0, 0.05) is 28.7 Å². The lowest BCUT2D eigenvalue weighted by atomic mass is 10.0. The van der Waals surface area contributed by atoms with Gasteiger partial charge in [0.15, 0.2) is 0 Å². The van der Waals surface area contributed by atoms with Gasteiger partial charge in [-0.05, 0) is 42.8 Å². The lowest BCUT2D eigenvalue weighted by Crippen LogP contribution is -2.10. The van der Waals surface area contributed by atoms with E-state index in [1.54, 1.807) is 30.5 Å². The molecule has 5 heteroatoms. The molecule has 3 rings (SSSR count). The number of fused-ring (bicyclic) bond motifs is 1. The molecular weight excluding hydrogens is 278 g/mol. The first-order chi connectivity index (χ1) is 10.6. The van der Waals surface area contributed by atoms with Crippen molar-refractivity contribution in [1.29, 1.82) is 0 Å². The number of nitrogens with two attached hydrogens (primary N) is 1. The Bertz CT molecular complexity index is 792. The first kappa shape index (κ1) is 13.9. The highest BCUT2D eigenvalue weighted by molar-refractivity contribution is 6.32. The molecule has 2 aromatic rings. The molecule has 0 bridgehead atoms. The van der Waals surface area contributed by atoms with Crippen LogP contribution in [0, 0.1) is 6.92 Å². The summed E-state index contributed by atoms with van der Waals surface area (Å²) in [5.74, 6) is -0.602. The molecule has 1 heterocycles. The van der Waals surface area contributed by atoms with Crippen molar-refractivity contribution in [2.75, 3.05) is 10.6 Å². The van der Waals surface area contributed by atoms with Crippen molar-refractivity contribution in [1.82, 2.24) is 0 Å². The lowest BCUT2D eigenvalue weighted by molar-refractivity contribution is -0.110. The van der Waals surface area contributed by atoms with Gasteiger partial charge < -0.3 is 16.4 Å². The fourth-order valence-electron chi connectivity index (χ4n) is 2.46. The molecular formula is C17H15N3O2. The number of aryl methyl sites for hydroxylation is 1. The summed E-state index contributed by atoms with van der Waals surface area (Å²) in [5.41, 5.74) is 9.77. The first-order valence-electron chi connectivity index (χ1n) is 6.84. The van der Waals surface area contributed by atoms with Crippen molar-refractivity contribution < 1.29 is 9.59 Å². The number of amides is 2. The Morgan fingerprint density at radius 1 is 1.18 bits per heavy atom. The zero-order valence-electron chi connectivity index (χ0n) is 12.0. The SMILES string of the molecule is Cc1cccc2c1C(=CNc1ccc(C(N)=O)cc1)C(=O)N2. The van der Waals surface area contributed by atoms with Gasteiger partial charge in [-0.3, -0.25) is 9.59 Å². The Hall–Kier alpha value is -3.08. The molecule has 0 saturated carbocycles. The fourth-order valence-corrected chi connectivity index (χ4v) is 2.46. The lowest BCUT2D eigenvalue weighted by Gasteiger charge is -2.05. The van der Waals surface area contributed by atoms with Crippen molar-refractivity contribution in [3.63, 3.8) is 0 Å². The van der Waals surface area contributed by atoms with Gasteiger partial charge >= 0.3 is 0 Å². The minimum atomic E-state index is -0.468. The third kappa shape index (κ3) is 2.44. The number of hydrogen-bond donors (Lipinski definition) is 3. The number of anilines is 2. The van der Waals surface area contributed by atoms with Crippen LogP contribution in [0.15, 0.2) is 48.7 Å². The van der Waals surface area contributed by atoms with E-state index in [9.17, 15) is 9.59 Å². The monoisotopic (exact) mass is 293 g/mol. The Morgan fingerprint density at radius 3 is 2.59 bits per heavy atom.